The van der Waals surface area contributed by atoms with Gasteiger partial charge >= 0.3 is 9.28 Å². The van der Waals surface area contributed by atoms with E-state index in [2.05, 4.69) is 26.1 Å². The Hall–Kier alpha value is -1.00. The molecule has 1 rings (SSSR count). The summed E-state index contributed by atoms with van der Waals surface area (Å²) in [5.74, 6) is 0.905. The third-order valence-corrected chi connectivity index (χ3v) is 4.77. The number of benzene rings is 1. The molecule has 0 aliphatic rings. The molecule has 0 aliphatic heterocycles. The minimum atomic E-state index is -1.58. The fourth-order valence-corrected chi connectivity index (χ4v) is 3.41. The van der Waals surface area contributed by atoms with Gasteiger partial charge in [-0.1, -0.05) is 19.4 Å². The second kappa shape index (κ2) is 7.35. The van der Waals surface area contributed by atoms with Crippen molar-refractivity contribution in [2.24, 2.45) is 0 Å². The van der Waals surface area contributed by atoms with Crippen molar-refractivity contribution < 1.29 is 8.85 Å². The van der Waals surface area contributed by atoms with E-state index in [0.717, 1.165) is 23.9 Å². The van der Waals surface area contributed by atoms with Gasteiger partial charge in [0.25, 0.3) is 0 Å². The smallest absolute Gasteiger partial charge is 0.382 e. The molecule has 3 nitrogen and oxygen atoms in total. The molecule has 0 fully saturated rings. The van der Waals surface area contributed by atoms with E-state index in [1.54, 1.807) is 0 Å². The molecule has 17 heavy (non-hydrogen) atoms. The Morgan fingerprint density at radius 1 is 1.35 bits per heavy atom. The molecular weight excluding hydrogens is 230 g/mol. The Bertz CT molecular complexity index is 331. The monoisotopic (exact) mass is 253 g/mol. The molecule has 0 heterocycles. The second-order valence-electron chi connectivity index (χ2n) is 4.30. The van der Waals surface area contributed by atoms with Gasteiger partial charge in [-0.05, 0) is 32.0 Å². The van der Waals surface area contributed by atoms with Gasteiger partial charge in [0.05, 0.1) is 0 Å². The van der Waals surface area contributed by atoms with Crippen LogP contribution in [-0.2, 0) is 4.43 Å². The van der Waals surface area contributed by atoms with E-state index in [4.69, 9.17) is 8.85 Å². The molecule has 0 saturated carbocycles. The van der Waals surface area contributed by atoms with Crippen molar-refractivity contribution >= 4 is 15.0 Å². The normalized spacial score (nSPS) is 12.5. The van der Waals surface area contributed by atoms with Crippen molar-refractivity contribution in [3.05, 3.63) is 24.3 Å². The van der Waals surface area contributed by atoms with Crippen LogP contribution in [0.25, 0.3) is 0 Å². The summed E-state index contributed by atoms with van der Waals surface area (Å²) in [7, 11) is 0.330. The lowest BCUT2D eigenvalue weighted by molar-refractivity contribution is 0.202. The highest BCUT2D eigenvalue weighted by Crippen LogP contribution is 2.19. The second-order valence-corrected chi connectivity index (χ2v) is 6.24. The van der Waals surface area contributed by atoms with E-state index in [9.17, 15) is 0 Å². The van der Waals surface area contributed by atoms with E-state index in [-0.39, 0.29) is 6.10 Å². The van der Waals surface area contributed by atoms with Crippen molar-refractivity contribution in [1.29, 1.82) is 0 Å². The predicted octanol–water partition coefficient (Wildman–Crippen LogP) is 3.16. The molecule has 0 aliphatic carbocycles. The van der Waals surface area contributed by atoms with Crippen molar-refractivity contribution in [2.45, 2.75) is 39.3 Å². The molecule has 0 aromatic heterocycles. The van der Waals surface area contributed by atoms with E-state index in [1.165, 1.54) is 0 Å². The average molecular weight is 253 g/mol. The molecule has 0 bridgehead atoms. The molecule has 4 heteroatoms. The predicted molar refractivity (Wildman–Crippen MR) is 75.1 cm³/mol. The van der Waals surface area contributed by atoms with E-state index < -0.39 is 9.28 Å². The summed E-state index contributed by atoms with van der Waals surface area (Å²) in [6.45, 7) is 6.28. The zero-order chi connectivity index (χ0) is 12.7. The minimum absolute atomic E-state index is 0.241. The Labute approximate surface area is 106 Å². The Morgan fingerprint density at radius 2 is 2.12 bits per heavy atom. The molecule has 0 spiro atoms. The fourth-order valence-electron chi connectivity index (χ4n) is 1.57. The van der Waals surface area contributed by atoms with Crippen LogP contribution < -0.4 is 9.74 Å². The Balaban J connectivity index is 2.64. The number of rotatable bonds is 7. The largest absolute Gasteiger partial charge is 0.522 e. The molecule has 1 N–H and O–H groups in total. The van der Waals surface area contributed by atoms with Gasteiger partial charge in [-0.3, -0.25) is 0 Å². The van der Waals surface area contributed by atoms with Crippen LogP contribution in [0.5, 0.6) is 5.75 Å². The van der Waals surface area contributed by atoms with Crippen molar-refractivity contribution in [1.82, 2.24) is 0 Å². The Morgan fingerprint density at radius 3 is 2.71 bits per heavy atom. The first-order valence-electron chi connectivity index (χ1n) is 6.25. The lowest BCUT2D eigenvalue weighted by Gasteiger charge is -2.20. The van der Waals surface area contributed by atoms with Crippen LogP contribution in [0.15, 0.2) is 24.3 Å². The Kier molecular flexibility index (Phi) is 6.08. The van der Waals surface area contributed by atoms with Gasteiger partial charge in [-0.25, -0.2) is 0 Å². The van der Waals surface area contributed by atoms with Crippen molar-refractivity contribution in [2.75, 3.05) is 12.4 Å². The van der Waals surface area contributed by atoms with E-state index >= 15 is 0 Å². The fraction of sp³-hybridized carbons (Fsp3) is 0.538. The summed E-state index contributed by atoms with van der Waals surface area (Å²) in [5.41, 5.74) is 1.07. The lowest BCUT2D eigenvalue weighted by Crippen LogP contribution is -2.29. The molecule has 1 aromatic carbocycles. The standard InChI is InChI=1S/C13H23NO2Si/c1-5-9-17(15-11(2)3)16-13-8-6-7-12(10-13)14-4/h6-8,10-11,14,17H,5,9H2,1-4H3. The summed E-state index contributed by atoms with van der Waals surface area (Å²) in [6, 6.07) is 9.06. The molecule has 0 amide bonds. The number of hydrogen-bond donors (Lipinski definition) is 1. The maximum Gasteiger partial charge on any atom is 0.382 e. The summed E-state index contributed by atoms with van der Waals surface area (Å²) >= 11 is 0. The summed E-state index contributed by atoms with van der Waals surface area (Å²) in [6.07, 6.45) is 1.35. The minimum Gasteiger partial charge on any atom is -0.522 e. The molecule has 1 aromatic rings. The van der Waals surface area contributed by atoms with Crippen molar-refractivity contribution in [3.63, 3.8) is 0 Å². The van der Waals surface area contributed by atoms with E-state index in [0.29, 0.717) is 0 Å². The lowest BCUT2D eigenvalue weighted by atomic mass is 10.3. The van der Waals surface area contributed by atoms with Crippen LogP contribution in [0, 0.1) is 0 Å². The summed E-state index contributed by atoms with van der Waals surface area (Å²) in [5, 5.41) is 3.11. The molecular formula is C13H23NO2Si. The average Bonchev–Trinajstić information content (AvgIpc) is 2.29. The highest BCUT2D eigenvalue weighted by atomic mass is 28.3. The van der Waals surface area contributed by atoms with E-state index in [1.807, 2.05) is 31.3 Å². The summed E-state index contributed by atoms with van der Waals surface area (Å²) < 4.78 is 11.8. The topological polar surface area (TPSA) is 30.5 Å². The van der Waals surface area contributed by atoms with Gasteiger partial charge < -0.3 is 14.2 Å². The molecule has 0 saturated heterocycles. The van der Waals surface area contributed by atoms with Gasteiger partial charge in [-0.2, -0.15) is 0 Å². The number of anilines is 1. The molecule has 96 valence electrons. The van der Waals surface area contributed by atoms with Crippen LogP contribution in [0.3, 0.4) is 0 Å². The number of hydrogen-bond acceptors (Lipinski definition) is 3. The van der Waals surface area contributed by atoms with Crippen LogP contribution in [-0.4, -0.2) is 22.4 Å². The highest BCUT2D eigenvalue weighted by Gasteiger charge is 2.16. The number of nitrogens with one attached hydrogen (secondary N) is 1. The van der Waals surface area contributed by atoms with Crippen LogP contribution in [0.1, 0.15) is 27.2 Å². The van der Waals surface area contributed by atoms with Gasteiger partial charge in [0.2, 0.25) is 0 Å². The quantitative estimate of drug-likeness (QED) is 0.757. The van der Waals surface area contributed by atoms with Gasteiger partial charge in [-0.15, -0.1) is 0 Å². The molecule has 1 atom stereocenters. The van der Waals surface area contributed by atoms with Gasteiger partial charge in [0.1, 0.15) is 5.75 Å². The van der Waals surface area contributed by atoms with Crippen molar-refractivity contribution in [3.8, 4) is 5.75 Å². The first-order valence-corrected chi connectivity index (χ1v) is 8.01. The van der Waals surface area contributed by atoms with Crippen LogP contribution in [0.4, 0.5) is 5.69 Å². The maximum absolute atomic E-state index is 5.98. The zero-order valence-electron chi connectivity index (χ0n) is 11.2. The first-order chi connectivity index (χ1) is 8.15. The molecule has 1 unspecified atom stereocenters. The maximum atomic E-state index is 5.98. The molecule has 0 radical (unpaired) electrons. The van der Waals surface area contributed by atoms with Crippen LogP contribution >= 0.6 is 0 Å². The zero-order valence-corrected chi connectivity index (χ0v) is 12.3. The third-order valence-electron chi connectivity index (χ3n) is 2.34. The first kappa shape index (κ1) is 14.1. The SMILES string of the molecule is CCC[SiH](Oc1cccc(NC)c1)OC(C)C. The van der Waals surface area contributed by atoms with Gasteiger partial charge in [0.15, 0.2) is 0 Å². The van der Waals surface area contributed by atoms with Crippen LogP contribution in [0.2, 0.25) is 6.04 Å². The highest BCUT2D eigenvalue weighted by molar-refractivity contribution is 6.45. The summed E-state index contributed by atoms with van der Waals surface area (Å²) in [4.78, 5) is 0. The van der Waals surface area contributed by atoms with Gasteiger partial charge in [0, 0.05) is 24.9 Å². The third kappa shape index (κ3) is 5.24.